The molecule has 1 saturated heterocycles. The maximum atomic E-state index is 12.0. The van der Waals surface area contributed by atoms with E-state index in [1.165, 1.54) is 26.4 Å². The minimum Gasteiger partial charge on any atom is -0.468 e. The molecule has 19 heavy (non-hydrogen) atoms. The Morgan fingerprint density at radius 1 is 1.37 bits per heavy atom. The highest BCUT2D eigenvalue weighted by Gasteiger charge is 2.41. The predicted octanol–water partition coefficient (Wildman–Crippen LogP) is 2.04. The minimum atomic E-state index is -0.596. The van der Waals surface area contributed by atoms with Gasteiger partial charge in [-0.15, -0.1) is 0 Å². The van der Waals surface area contributed by atoms with Crippen LogP contribution < -0.4 is 5.32 Å². The van der Waals surface area contributed by atoms with Crippen molar-refractivity contribution < 1.29 is 9.53 Å². The fraction of sp³-hybridized carbons (Fsp3) is 0.933. The molecule has 1 rings (SSSR count). The van der Waals surface area contributed by atoms with Gasteiger partial charge in [0.05, 0.1) is 7.11 Å². The van der Waals surface area contributed by atoms with Crippen LogP contribution in [0.4, 0.5) is 0 Å². The number of carbonyl (C=O) groups is 1. The molecule has 0 aromatic carbocycles. The molecule has 0 bridgehead atoms. The second-order valence-corrected chi connectivity index (χ2v) is 6.02. The van der Waals surface area contributed by atoms with E-state index in [0.29, 0.717) is 5.41 Å². The number of esters is 1. The van der Waals surface area contributed by atoms with Crippen LogP contribution in [0.25, 0.3) is 0 Å². The zero-order chi connectivity index (χ0) is 14.5. The average Bonchev–Trinajstić information content (AvgIpc) is 2.81. The Balaban J connectivity index is 2.69. The monoisotopic (exact) mass is 270 g/mol. The highest BCUT2D eigenvalue weighted by molar-refractivity contribution is 5.80. The van der Waals surface area contributed by atoms with Crippen LogP contribution in [0.3, 0.4) is 0 Å². The Morgan fingerprint density at radius 3 is 2.42 bits per heavy atom. The van der Waals surface area contributed by atoms with Crippen molar-refractivity contribution in [2.45, 2.75) is 52.5 Å². The van der Waals surface area contributed by atoms with Gasteiger partial charge in [-0.05, 0) is 44.7 Å². The van der Waals surface area contributed by atoms with Crippen LogP contribution in [0.2, 0.25) is 0 Å². The molecule has 1 aliphatic heterocycles. The van der Waals surface area contributed by atoms with Gasteiger partial charge in [-0.3, -0.25) is 4.79 Å². The van der Waals surface area contributed by atoms with E-state index >= 15 is 0 Å². The minimum absolute atomic E-state index is 0.167. The number of methoxy groups -OCH3 is 1. The lowest BCUT2D eigenvalue weighted by molar-refractivity contribution is -0.148. The number of carbonyl (C=O) groups excluding carboxylic acids is 1. The first-order valence-corrected chi connectivity index (χ1v) is 7.51. The van der Waals surface area contributed by atoms with Crippen molar-refractivity contribution >= 4 is 5.97 Å². The summed E-state index contributed by atoms with van der Waals surface area (Å²) in [4.78, 5) is 14.4. The van der Waals surface area contributed by atoms with Gasteiger partial charge in [0, 0.05) is 13.1 Å². The van der Waals surface area contributed by atoms with E-state index in [1.54, 1.807) is 0 Å². The number of hydrogen-bond acceptors (Lipinski definition) is 4. The second-order valence-electron chi connectivity index (χ2n) is 6.02. The smallest absolute Gasteiger partial charge is 0.327 e. The molecule has 0 aromatic heterocycles. The molecule has 0 saturated carbocycles. The van der Waals surface area contributed by atoms with Crippen molar-refractivity contribution in [2.24, 2.45) is 5.41 Å². The molecule has 4 nitrogen and oxygen atoms in total. The van der Waals surface area contributed by atoms with Crippen LogP contribution in [0.15, 0.2) is 0 Å². The van der Waals surface area contributed by atoms with E-state index in [0.717, 1.165) is 26.2 Å². The van der Waals surface area contributed by atoms with E-state index in [1.807, 2.05) is 13.8 Å². The summed E-state index contributed by atoms with van der Waals surface area (Å²) in [5, 5.41) is 3.28. The lowest BCUT2D eigenvalue weighted by atomic mass is 9.82. The number of ether oxygens (including phenoxy) is 1. The van der Waals surface area contributed by atoms with Gasteiger partial charge in [-0.25, -0.2) is 0 Å². The summed E-state index contributed by atoms with van der Waals surface area (Å²) in [6.45, 7) is 12.2. The van der Waals surface area contributed by atoms with Gasteiger partial charge in [0.1, 0.15) is 5.54 Å². The molecular weight excluding hydrogens is 240 g/mol. The van der Waals surface area contributed by atoms with Crippen LogP contribution >= 0.6 is 0 Å². The third-order valence-electron chi connectivity index (χ3n) is 4.76. The van der Waals surface area contributed by atoms with Crippen LogP contribution in [0.1, 0.15) is 47.0 Å². The molecule has 1 unspecified atom stereocenters. The van der Waals surface area contributed by atoms with E-state index in [-0.39, 0.29) is 5.97 Å². The van der Waals surface area contributed by atoms with Gasteiger partial charge in [-0.1, -0.05) is 20.8 Å². The molecule has 0 amide bonds. The molecule has 4 heteroatoms. The number of hydrogen-bond donors (Lipinski definition) is 1. The van der Waals surface area contributed by atoms with Crippen LogP contribution in [-0.4, -0.2) is 49.7 Å². The lowest BCUT2D eigenvalue weighted by Crippen LogP contribution is -2.57. The predicted molar refractivity (Wildman–Crippen MR) is 78.2 cm³/mol. The maximum Gasteiger partial charge on any atom is 0.327 e. The van der Waals surface area contributed by atoms with Crippen LogP contribution in [0, 0.1) is 5.41 Å². The van der Waals surface area contributed by atoms with E-state index in [2.05, 4.69) is 24.1 Å². The molecule has 1 fully saturated rings. The number of nitrogens with one attached hydrogen (secondary N) is 1. The number of likely N-dealkylation sites (tertiary alicyclic amines) is 1. The van der Waals surface area contributed by atoms with Crippen molar-refractivity contribution in [2.75, 3.05) is 33.3 Å². The number of nitrogens with zero attached hydrogens (tertiary/aromatic N) is 1. The van der Waals surface area contributed by atoms with Gasteiger partial charge in [0.15, 0.2) is 0 Å². The average molecular weight is 270 g/mol. The summed E-state index contributed by atoms with van der Waals surface area (Å²) < 4.78 is 4.95. The van der Waals surface area contributed by atoms with Gasteiger partial charge < -0.3 is 15.0 Å². The van der Waals surface area contributed by atoms with Crippen molar-refractivity contribution in [3.63, 3.8) is 0 Å². The molecule has 1 aliphatic rings. The SMILES string of the molecule is CCNC(C)(CN1CCC(CC)(CC)C1)C(=O)OC. The molecule has 0 aliphatic carbocycles. The summed E-state index contributed by atoms with van der Waals surface area (Å²) >= 11 is 0. The van der Waals surface area contributed by atoms with Gasteiger partial charge in [0.2, 0.25) is 0 Å². The van der Waals surface area contributed by atoms with Crippen molar-refractivity contribution in [1.82, 2.24) is 10.2 Å². The summed E-state index contributed by atoms with van der Waals surface area (Å²) in [7, 11) is 1.46. The Kier molecular flexibility index (Phi) is 5.81. The van der Waals surface area contributed by atoms with E-state index in [4.69, 9.17) is 4.74 Å². The molecule has 0 radical (unpaired) electrons. The zero-order valence-corrected chi connectivity index (χ0v) is 13.2. The topological polar surface area (TPSA) is 41.6 Å². The van der Waals surface area contributed by atoms with Gasteiger partial charge in [0.25, 0.3) is 0 Å². The van der Waals surface area contributed by atoms with Gasteiger partial charge >= 0.3 is 5.97 Å². The lowest BCUT2D eigenvalue weighted by Gasteiger charge is -2.33. The zero-order valence-electron chi connectivity index (χ0n) is 13.2. The largest absolute Gasteiger partial charge is 0.468 e. The maximum absolute atomic E-state index is 12.0. The summed E-state index contributed by atoms with van der Waals surface area (Å²) in [5.74, 6) is -0.167. The third-order valence-corrected chi connectivity index (χ3v) is 4.76. The molecular formula is C15H30N2O2. The van der Waals surface area contributed by atoms with Crippen molar-refractivity contribution in [3.05, 3.63) is 0 Å². The van der Waals surface area contributed by atoms with E-state index in [9.17, 15) is 4.79 Å². The number of likely N-dealkylation sites (N-methyl/N-ethyl adjacent to an activating group) is 1. The molecule has 0 spiro atoms. The first kappa shape index (κ1) is 16.4. The molecule has 112 valence electrons. The quantitative estimate of drug-likeness (QED) is 0.719. The summed E-state index contributed by atoms with van der Waals surface area (Å²) in [6.07, 6.45) is 3.68. The van der Waals surface area contributed by atoms with Crippen molar-refractivity contribution in [1.29, 1.82) is 0 Å². The molecule has 1 atom stereocenters. The Hall–Kier alpha value is -0.610. The molecule has 0 aromatic rings. The third kappa shape index (κ3) is 3.69. The first-order chi connectivity index (χ1) is 8.95. The van der Waals surface area contributed by atoms with Gasteiger partial charge in [-0.2, -0.15) is 0 Å². The first-order valence-electron chi connectivity index (χ1n) is 7.51. The Morgan fingerprint density at radius 2 is 2.00 bits per heavy atom. The van der Waals surface area contributed by atoms with Crippen LogP contribution in [-0.2, 0) is 9.53 Å². The normalized spacial score (nSPS) is 22.2. The van der Waals surface area contributed by atoms with Crippen molar-refractivity contribution in [3.8, 4) is 0 Å². The fourth-order valence-electron chi connectivity index (χ4n) is 3.25. The van der Waals surface area contributed by atoms with E-state index < -0.39 is 5.54 Å². The highest BCUT2D eigenvalue weighted by Crippen LogP contribution is 2.37. The number of rotatable bonds is 7. The second kappa shape index (κ2) is 6.71. The standard InChI is InChI=1S/C15H30N2O2/c1-6-15(7-2)9-10-17(12-15)11-14(4,16-8-3)13(18)19-5/h16H,6-12H2,1-5H3. The highest BCUT2D eigenvalue weighted by atomic mass is 16.5. The van der Waals surface area contributed by atoms with Crippen LogP contribution in [0.5, 0.6) is 0 Å². The summed E-state index contributed by atoms with van der Waals surface area (Å²) in [5.41, 5.74) is -0.149. The Labute approximate surface area is 117 Å². The fourth-order valence-corrected chi connectivity index (χ4v) is 3.25. The molecule has 1 N–H and O–H groups in total. The molecule has 1 heterocycles. The summed E-state index contributed by atoms with van der Waals surface area (Å²) in [6, 6.07) is 0. The Bertz CT molecular complexity index is 303.